The number of nitrogens with zero attached hydrogens (tertiary/aromatic N) is 1. The molecule has 1 saturated carbocycles. The summed E-state index contributed by atoms with van der Waals surface area (Å²) >= 11 is 0. The van der Waals surface area contributed by atoms with Crippen LogP contribution in [0.2, 0.25) is 0 Å². The molecule has 0 spiro atoms. The lowest BCUT2D eigenvalue weighted by Crippen LogP contribution is -2.47. The Morgan fingerprint density at radius 1 is 1.33 bits per heavy atom. The molecule has 2 rings (SSSR count). The fraction of sp³-hybridized carbons (Fsp3) is 0.917. The normalized spacial score (nSPS) is 29.1. The summed E-state index contributed by atoms with van der Waals surface area (Å²) in [7, 11) is 0. The summed E-state index contributed by atoms with van der Waals surface area (Å²) in [6.45, 7) is 1.58. The molecule has 0 aromatic carbocycles. The minimum atomic E-state index is -4.29. The zero-order valence-electron chi connectivity index (χ0n) is 10.5. The average Bonchev–Trinajstić information content (AvgIpc) is 3.07. The van der Waals surface area contributed by atoms with Gasteiger partial charge in [-0.15, -0.1) is 0 Å². The number of alkyl halides is 3. The maximum atomic E-state index is 12.5. The number of halogens is 3. The van der Waals surface area contributed by atoms with E-state index in [2.05, 4.69) is 5.32 Å². The van der Waals surface area contributed by atoms with Gasteiger partial charge in [-0.2, -0.15) is 13.2 Å². The van der Waals surface area contributed by atoms with Gasteiger partial charge in [0.05, 0.1) is 0 Å². The molecule has 2 unspecified atom stereocenters. The summed E-state index contributed by atoms with van der Waals surface area (Å²) in [5.41, 5.74) is 0. The summed E-state index contributed by atoms with van der Waals surface area (Å²) in [5, 5.41) is 3.21. The molecule has 1 amide bonds. The smallest absolute Gasteiger partial charge is 0.330 e. The molecular weight excluding hydrogens is 245 g/mol. The molecule has 2 atom stereocenters. The fourth-order valence-electron chi connectivity index (χ4n) is 2.56. The number of amides is 1. The molecule has 104 valence electrons. The van der Waals surface area contributed by atoms with E-state index < -0.39 is 12.7 Å². The number of carbonyl (C=O) groups is 1. The van der Waals surface area contributed by atoms with Crippen molar-refractivity contribution in [3.63, 3.8) is 0 Å². The van der Waals surface area contributed by atoms with Crippen LogP contribution in [0.25, 0.3) is 0 Å². The topological polar surface area (TPSA) is 32.3 Å². The zero-order valence-corrected chi connectivity index (χ0v) is 10.5. The summed E-state index contributed by atoms with van der Waals surface area (Å²) in [6.07, 6.45) is -1.59. The van der Waals surface area contributed by atoms with E-state index in [1.54, 1.807) is 0 Å². The first-order chi connectivity index (χ1) is 8.37. The third-order valence-corrected chi connectivity index (χ3v) is 3.59. The first-order valence-electron chi connectivity index (χ1n) is 6.47. The van der Waals surface area contributed by atoms with Gasteiger partial charge >= 0.3 is 6.18 Å². The lowest BCUT2D eigenvalue weighted by Gasteiger charge is -2.32. The quantitative estimate of drug-likeness (QED) is 0.844. The molecular formula is C12H19F3N2O. The van der Waals surface area contributed by atoms with Crippen LogP contribution in [0, 0.1) is 5.92 Å². The monoisotopic (exact) mass is 264 g/mol. The number of piperidine rings is 1. The van der Waals surface area contributed by atoms with E-state index in [0.717, 1.165) is 4.90 Å². The average molecular weight is 264 g/mol. The van der Waals surface area contributed by atoms with E-state index in [0.29, 0.717) is 32.2 Å². The third kappa shape index (κ3) is 3.60. The molecule has 0 aromatic heterocycles. The van der Waals surface area contributed by atoms with E-state index in [1.165, 1.54) is 0 Å². The van der Waals surface area contributed by atoms with E-state index in [9.17, 15) is 18.0 Å². The highest BCUT2D eigenvalue weighted by atomic mass is 19.4. The second-order valence-electron chi connectivity index (χ2n) is 5.39. The molecule has 6 heteroatoms. The van der Waals surface area contributed by atoms with Gasteiger partial charge in [0.2, 0.25) is 5.91 Å². The van der Waals surface area contributed by atoms with Gasteiger partial charge in [-0.1, -0.05) is 0 Å². The lowest BCUT2D eigenvalue weighted by molar-refractivity contribution is -0.165. The first-order valence-corrected chi connectivity index (χ1v) is 6.47. The molecule has 3 nitrogen and oxygen atoms in total. The van der Waals surface area contributed by atoms with Gasteiger partial charge in [-0.05, 0) is 39.2 Å². The Balaban J connectivity index is 1.99. The van der Waals surface area contributed by atoms with Crippen molar-refractivity contribution in [1.82, 2.24) is 10.2 Å². The van der Waals surface area contributed by atoms with E-state index >= 15 is 0 Å². The largest absolute Gasteiger partial charge is 0.406 e. The van der Waals surface area contributed by atoms with E-state index in [1.807, 2.05) is 6.92 Å². The van der Waals surface area contributed by atoms with Crippen LogP contribution in [0.4, 0.5) is 13.2 Å². The van der Waals surface area contributed by atoms with Gasteiger partial charge in [0.15, 0.2) is 0 Å². The zero-order chi connectivity index (χ0) is 13.3. The second-order valence-corrected chi connectivity index (χ2v) is 5.39. The van der Waals surface area contributed by atoms with Crippen LogP contribution in [-0.4, -0.2) is 42.2 Å². The number of hydrogen-bond acceptors (Lipinski definition) is 2. The highest BCUT2D eigenvalue weighted by Gasteiger charge is 2.42. The lowest BCUT2D eigenvalue weighted by atomic mass is 9.92. The maximum absolute atomic E-state index is 12.5. The molecule has 1 N–H and O–H groups in total. The van der Waals surface area contributed by atoms with Crippen molar-refractivity contribution in [2.75, 3.05) is 13.1 Å². The Kier molecular flexibility index (Phi) is 3.84. The van der Waals surface area contributed by atoms with Crippen LogP contribution in [0.5, 0.6) is 0 Å². The Bertz CT molecular complexity index is 315. The van der Waals surface area contributed by atoms with Crippen LogP contribution in [0.3, 0.4) is 0 Å². The summed E-state index contributed by atoms with van der Waals surface area (Å²) in [6, 6.07) is 0.0314. The van der Waals surface area contributed by atoms with Crippen LogP contribution >= 0.6 is 0 Å². The van der Waals surface area contributed by atoms with Gasteiger partial charge in [-0.25, -0.2) is 0 Å². The molecule has 0 radical (unpaired) electrons. The molecule has 1 aliphatic heterocycles. The predicted molar refractivity (Wildman–Crippen MR) is 61.0 cm³/mol. The third-order valence-electron chi connectivity index (χ3n) is 3.59. The highest BCUT2D eigenvalue weighted by molar-refractivity contribution is 5.79. The maximum Gasteiger partial charge on any atom is 0.406 e. The van der Waals surface area contributed by atoms with Gasteiger partial charge in [0.25, 0.3) is 0 Å². The van der Waals surface area contributed by atoms with Crippen LogP contribution in [-0.2, 0) is 4.79 Å². The Morgan fingerprint density at radius 2 is 2.00 bits per heavy atom. The Morgan fingerprint density at radius 3 is 2.50 bits per heavy atom. The molecule has 0 aromatic rings. The van der Waals surface area contributed by atoms with Gasteiger partial charge in [-0.3, -0.25) is 4.79 Å². The van der Waals surface area contributed by atoms with Gasteiger partial charge < -0.3 is 10.2 Å². The van der Waals surface area contributed by atoms with Crippen LogP contribution < -0.4 is 5.32 Å². The van der Waals surface area contributed by atoms with Crippen molar-refractivity contribution in [2.24, 2.45) is 5.92 Å². The van der Waals surface area contributed by atoms with Crippen molar-refractivity contribution in [3.8, 4) is 0 Å². The van der Waals surface area contributed by atoms with Gasteiger partial charge in [0.1, 0.15) is 6.54 Å². The number of rotatable bonds is 3. The molecule has 1 saturated heterocycles. The van der Waals surface area contributed by atoms with Crippen molar-refractivity contribution in [2.45, 2.75) is 50.9 Å². The Labute approximate surface area is 105 Å². The first kappa shape index (κ1) is 13.6. The van der Waals surface area contributed by atoms with Gasteiger partial charge in [0, 0.05) is 18.0 Å². The SMILES string of the molecule is CC1CC(C(=O)N(CC(F)(F)F)C2CC2)CCN1. The fourth-order valence-corrected chi connectivity index (χ4v) is 2.56. The second kappa shape index (κ2) is 5.07. The molecule has 18 heavy (non-hydrogen) atoms. The molecule has 2 aliphatic rings. The van der Waals surface area contributed by atoms with Crippen molar-refractivity contribution >= 4 is 5.91 Å². The minimum absolute atomic E-state index is 0.177. The van der Waals surface area contributed by atoms with Crippen molar-refractivity contribution in [3.05, 3.63) is 0 Å². The summed E-state index contributed by atoms with van der Waals surface area (Å²) in [4.78, 5) is 13.3. The summed E-state index contributed by atoms with van der Waals surface area (Å²) in [5.74, 6) is -0.549. The molecule has 0 bridgehead atoms. The summed E-state index contributed by atoms with van der Waals surface area (Å²) < 4.78 is 37.5. The molecule has 2 fully saturated rings. The standard InChI is InChI=1S/C12H19F3N2O/c1-8-6-9(4-5-16-8)11(18)17(10-2-3-10)7-12(13,14)15/h8-10,16H,2-7H2,1H3. The number of hydrogen-bond donors (Lipinski definition) is 1. The number of carbonyl (C=O) groups excluding carboxylic acids is 1. The number of nitrogens with one attached hydrogen (secondary N) is 1. The Hall–Kier alpha value is -0.780. The van der Waals surface area contributed by atoms with E-state index in [4.69, 9.17) is 0 Å². The minimum Gasteiger partial charge on any atom is -0.330 e. The predicted octanol–water partition coefficient (Wildman–Crippen LogP) is 1.93. The molecule has 1 aliphatic carbocycles. The highest BCUT2D eigenvalue weighted by Crippen LogP contribution is 2.32. The van der Waals surface area contributed by atoms with Crippen LogP contribution in [0.15, 0.2) is 0 Å². The van der Waals surface area contributed by atoms with Crippen LogP contribution in [0.1, 0.15) is 32.6 Å². The van der Waals surface area contributed by atoms with Crippen molar-refractivity contribution < 1.29 is 18.0 Å². The van der Waals surface area contributed by atoms with E-state index in [-0.39, 0.29) is 23.9 Å². The van der Waals surface area contributed by atoms with Crippen molar-refractivity contribution in [1.29, 1.82) is 0 Å². The molecule has 1 heterocycles.